The Kier molecular flexibility index (Phi) is 2.96. The van der Waals surface area contributed by atoms with Crippen LogP contribution in [0.2, 0.25) is 0 Å². The van der Waals surface area contributed by atoms with Gasteiger partial charge in [0.05, 0.1) is 4.92 Å². The van der Waals surface area contributed by atoms with E-state index in [0.29, 0.717) is 0 Å². The Bertz CT molecular complexity index is 376. The summed E-state index contributed by atoms with van der Waals surface area (Å²) in [5.74, 6) is -0.993. The molecular weight excluding hydrogens is 185 g/mol. The van der Waals surface area contributed by atoms with E-state index in [1.807, 2.05) is 0 Å². The molecule has 0 aliphatic heterocycles. The minimum absolute atomic E-state index is 0.133. The molecule has 1 aromatic rings. The van der Waals surface area contributed by atoms with Gasteiger partial charge >= 0.3 is 0 Å². The third-order valence-electron chi connectivity index (χ3n) is 1.87. The molecule has 1 atom stereocenters. The standard InChI is InChI=1S/C10H9FNO2/c1-3-7(2)9-6-8(11)4-5-10(9)12(13)14/h3-7H,1-2H2. The van der Waals surface area contributed by atoms with Gasteiger partial charge in [-0.3, -0.25) is 10.1 Å². The van der Waals surface area contributed by atoms with Crippen LogP contribution in [-0.4, -0.2) is 4.92 Å². The molecule has 0 aromatic heterocycles. The molecule has 0 fully saturated rings. The lowest BCUT2D eigenvalue weighted by atomic mass is 9.99. The van der Waals surface area contributed by atoms with E-state index >= 15 is 0 Å². The minimum atomic E-state index is -0.559. The third kappa shape index (κ3) is 1.96. The van der Waals surface area contributed by atoms with Crippen molar-refractivity contribution in [3.8, 4) is 0 Å². The van der Waals surface area contributed by atoms with Gasteiger partial charge in [0.2, 0.25) is 0 Å². The fourth-order valence-corrected chi connectivity index (χ4v) is 1.12. The maximum Gasteiger partial charge on any atom is 0.273 e. The molecule has 1 unspecified atom stereocenters. The summed E-state index contributed by atoms with van der Waals surface area (Å²) in [6.45, 7) is 7.08. The zero-order valence-electron chi connectivity index (χ0n) is 7.44. The van der Waals surface area contributed by atoms with Crippen molar-refractivity contribution < 1.29 is 9.31 Å². The number of nitro benzene ring substituents is 1. The van der Waals surface area contributed by atoms with Crippen LogP contribution in [0.1, 0.15) is 11.5 Å². The lowest BCUT2D eigenvalue weighted by Gasteiger charge is -2.06. The predicted octanol–water partition coefficient (Wildman–Crippen LogP) is 2.84. The second-order valence-electron chi connectivity index (χ2n) is 2.80. The molecular formula is C10H9FNO2. The van der Waals surface area contributed by atoms with Crippen LogP contribution in [0.25, 0.3) is 0 Å². The van der Waals surface area contributed by atoms with E-state index < -0.39 is 16.7 Å². The lowest BCUT2D eigenvalue weighted by Crippen LogP contribution is -1.98. The van der Waals surface area contributed by atoms with Gasteiger partial charge in [0.25, 0.3) is 5.69 Å². The Morgan fingerprint density at radius 2 is 2.21 bits per heavy atom. The number of nitro groups is 1. The van der Waals surface area contributed by atoms with E-state index in [4.69, 9.17) is 0 Å². The van der Waals surface area contributed by atoms with Crippen LogP contribution in [0.4, 0.5) is 10.1 Å². The minimum Gasteiger partial charge on any atom is -0.258 e. The summed E-state index contributed by atoms with van der Waals surface area (Å²) >= 11 is 0. The van der Waals surface area contributed by atoms with Crippen LogP contribution in [0.5, 0.6) is 0 Å². The molecule has 73 valence electrons. The molecule has 0 spiro atoms. The van der Waals surface area contributed by atoms with Crippen LogP contribution < -0.4 is 0 Å². The second-order valence-corrected chi connectivity index (χ2v) is 2.80. The van der Waals surface area contributed by atoms with Gasteiger partial charge in [-0.25, -0.2) is 4.39 Å². The SMILES string of the molecule is [CH2]C(C=C)c1cc(F)ccc1[N+](=O)[O-]. The second kappa shape index (κ2) is 4.00. The van der Waals surface area contributed by atoms with Crippen molar-refractivity contribution in [1.82, 2.24) is 0 Å². The van der Waals surface area contributed by atoms with Crippen LogP contribution in [-0.2, 0) is 0 Å². The van der Waals surface area contributed by atoms with E-state index in [0.717, 1.165) is 18.2 Å². The fraction of sp³-hybridized carbons (Fsp3) is 0.100. The highest BCUT2D eigenvalue weighted by molar-refractivity contribution is 5.44. The van der Waals surface area contributed by atoms with Crippen molar-refractivity contribution in [2.75, 3.05) is 0 Å². The highest BCUT2D eigenvalue weighted by atomic mass is 19.1. The lowest BCUT2D eigenvalue weighted by molar-refractivity contribution is -0.385. The Labute approximate surface area is 81.0 Å². The Morgan fingerprint density at radius 3 is 2.71 bits per heavy atom. The van der Waals surface area contributed by atoms with Gasteiger partial charge < -0.3 is 0 Å². The molecule has 0 heterocycles. The highest BCUT2D eigenvalue weighted by Crippen LogP contribution is 2.27. The molecule has 0 saturated carbocycles. The topological polar surface area (TPSA) is 43.1 Å². The van der Waals surface area contributed by atoms with Gasteiger partial charge in [-0.2, -0.15) is 0 Å². The van der Waals surface area contributed by atoms with Crippen LogP contribution in [0, 0.1) is 22.9 Å². The van der Waals surface area contributed by atoms with Crippen molar-refractivity contribution in [2.24, 2.45) is 0 Å². The molecule has 14 heavy (non-hydrogen) atoms. The Morgan fingerprint density at radius 1 is 1.57 bits per heavy atom. The zero-order valence-corrected chi connectivity index (χ0v) is 7.44. The van der Waals surface area contributed by atoms with Gasteiger partial charge in [0.15, 0.2) is 0 Å². The molecule has 1 rings (SSSR count). The summed E-state index contributed by atoms with van der Waals surface area (Å²) < 4.78 is 12.8. The zero-order chi connectivity index (χ0) is 10.7. The van der Waals surface area contributed by atoms with Crippen molar-refractivity contribution in [3.63, 3.8) is 0 Å². The summed E-state index contributed by atoms with van der Waals surface area (Å²) in [5, 5.41) is 10.6. The van der Waals surface area contributed by atoms with E-state index in [-0.39, 0.29) is 11.3 Å². The van der Waals surface area contributed by atoms with Crippen LogP contribution >= 0.6 is 0 Å². The fourth-order valence-electron chi connectivity index (χ4n) is 1.12. The van der Waals surface area contributed by atoms with Crippen molar-refractivity contribution in [2.45, 2.75) is 5.92 Å². The van der Waals surface area contributed by atoms with E-state index in [9.17, 15) is 14.5 Å². The quantitative estimate of drug-likeness (QED) is 0.422. The molecule has 1 radical (unpaired) electrons. The van der Waals surface area contributed by atoms with Gasteiger partial charge in [-0.05, 0) is 19.1 Å². The predicted molar refractivity (Wildman–Crippen MR) is 51.3 cm³/mol. The largest absolute Gasteiger partial charge is 0.273 e. The first kappa shape index (κ1) is 10.4. The highest BCUT2D eigenvalue weighted by Gasteiger charge is 2.17. The number of halogens is 1. The van der Waals surface area contributed by atoms with E-state index in [1.165, 1.54) is 6.08 Å². The molecule has 0 aliphatic rings. The molecule has 4 heteroatoms. The molecule has 0 aliphatic carbocycles. The molecule has 1 aromatic carbocycles. The number of nitrogens with zero attached hydrogens (tertiary/aromatic N) is 1. The maximum atomic E-state index is 12.8. The average molecular weight is 194 g/mol. The van der Waals surface area contributed by atoms with Crippen LogP contribution in [0.3, 0.4) is 0 Å². The monoisotopic (exact) mass is 194 g/mol. The molecule has 0 saturated heterocycles. The third-order valence-corrected chi connectivity index (χ3v) is 1.87. The molecule has 0 bridgehead atoms. The number of hydrogen-bond acceptors (Lipinski definition) is 2. The van der Waals surface area contributed by atoms with Gasteiger partial charge in [-0.15, -0.1) is 6.58 Å². The summed E-state index contributed by atoms with van der Waals surface area (Å²) in [6, 6.07) is 3.29. The smallest absolute Gasteiger partial charge is 0.258 e. The van der Waals surface area contributed by atoms with E-state index in [1.54, 1.807) is 0 Å². The summed E-state index contributed by atoms with van der Waals surface area (Å²) in [7, 11) is 0. The number of hydrogen-bond donors (Lipinski definition) is 0. The number of rotatable bonds is 3. The van der Waals surface area contributed by atoms with Crippen molar-refractivity contribution in [3.05, 3.63) is 59.3 Å². The summed E-state index contributed by atoms with van der Waals surface area (Å²) in [4.78, 5) is 10.0. The van der Waals surface area contributed by atoms with E-state index in [2.05, 4.69) is 13.5 Å². The Hall–Kier alpha value is -1.71. The first-order valence-electron chi connectivity index (χ1n) is 3.95. The molecule has 0 amide bonds. The van der Waals surface area contributed by atoms with Crippen molar-refractivity contribution in [1.29, 1.82) is 0 Å². The van der Waals surface area contributed by atoms with Crippen molar-refractivity contribution >= 4 is 5.69 Å². The normalized spacial score (nSPS) is 12.1. The first-order chi connectivity index (χ1) is 6.56. The van der Waals surface area contributed by atoms with Gasteiger partial charge in [0, 0.05) is 17.5 Å². The number of benzene rings is 1. The summed E-state index contributed by atoms with van der Waals surface area (Å²) in [5.41, 5.74) is 0.108. The Balaban J connectivity index is 3.29. The van der Waals surface area contributed by atoms with Gasteiger partial charge in [-0.1, -0.05) is 6.08 Å². The van der Waals surface area contributed by atoms with Crippen LogP contribution in [0.15, 0.2) is 30.9 Å². The molecule has 3 nitrogen and oxygen atoms in total. The van der Waals surface area contributed by atoms with Gasteiger partial charge in [0.1, 0.15) is 5.82 Å². The molecule has 0 N–H and O–H groups in total. The first-order valence-corrected chi connectivity index (χ1v) is 3.95. The maximum absolute atomic E-state index is 12.8. The summed E-state index contributed by atoms with van der Waals surface area (Å²) in [6.07, 6.45) is 1.43. The average Bonchev–Trinajstić information content (AvgIpc) is 2.16. The number of allylic oxidation sites excluding steroid dienone is 1.